The van der Waals surface area contributed by atoms with Gasteiger partial charge in [0.2, 0.25) is 0 Å². The van der Waals surface area contributed by atoms with E-state index in [4.69, 9.17) is 17.3 Å². The van der Waals surface area contributed by atoms with E-state index in [0.29, 0.717) is 16.3 Å². The van der Waals surface area contributed by atoms with Crippen LogP contribution < -0.4 is 11.1 Å². The van der Waals surface area contributed by atoms with Crippen LogP contribution >= 0.6 is 27.5 Å². The summed E-state index contributed by atoms with van der Waals surface area (Å²) in [5, 5.41) is 2.90. The Hall–Kier alpha value is -1.59. The van der Waals surface area contributed by atoms with E-state index in [1.807, 2.05) is 0 Å². The third kappa shape index (κ3) is 3.24. The number of benzene rings is 2. The largest absolute Gasteiger partial charge is 0.397 e. The Morgan fingerprint density at radius 3 is 2.63 bits per heavy atom. The lowest BCUT2D eigenvalue weighted by molar-refractivity contribution is 0.102. The fourth-order valence-corrected chi connectivity index (χ4v) is 2.27. The first-order valence-electron chi connectivity index (χ1n) is 5.29. The maximum atomic E-state index is 12.9. The van der Waals surface area contributed by atoms with Crippen molar-refractivity contribution >= 4 is 44.8 Å². The summed E-state index contributed by atoms with van der Waals surface area (Å²) in [4.78, 5) is 12.0. The molecular formula is C13H9BrClFN2O. The number of amides is 1. The van der Waals surface area contributed by atoms with E-state index >= 15 is 0 Å². The molecule has 3 nitrogen and oxygen atoms in total. The maximum absolute atomic E-state index is 12.9. The standard InChI is InChI=1S/C13H9BrClFN2O/c14-7-1-3-9(10(15)5-7)13(19)18-12-4-2-8(16)6-11(12)17/h1-6H,17H2,(H,18,19). The Kier molecular flexibility index (Phi) is 4.07. The molecule has 0 aliphatic carbocycles. The second-order valence-electron chi connectivity index (χ2n) is 3.81. The summed E-state index contributed by atoms with van der Waals surface area (Å²) in [6.45, 7) is 0. The zero-order valence-electron chi connectivity index (χ0n) is 9.58. The summed E-state index contributed by atoms with van der Waals surface area (Å²) in [6, 6.07) is 8.66. The van der Waals surface area contributed by atoms with E-state index in [1.54, 1.807) is 18.2 Å². The zero-order valence-corrected chi connectivity index (χ0v) is 11.9. The molecule has 0 heterocycles. The summed E-state index contributed by atoms with van der Waals surface area (Å²) in [5.41, 5.74) is 6.42. The molecule has 2 aromatic rings. The van der Waals surface area contributed by atoms with Crippen molar-refractivity contribution in [3.63, 3.8) is 0 Å². The lowest BCUT2D eigenvalue weighted by atomic mass is 10.2. The van der Waals surface area contributed by atoms with Crippen LogP contribution in [-0.2, 0) is 0 Å². The average molecular weight is 344 g/mol. The Morgan fingerprint density at radius 2 is 2.00 bits per heavy atom. The summed E-state index contributed by atoms with van der Waals surface area (Å²) in [7, 11) is 0. The van der Waals surface area contributed by atoms with Crippen molar-refractivity contribution in [1.82, 2.24) is 0 Å². The van der Waals surface area contributed by atoms with E-state index in [0.717, 1.165) is 10.5 Å². The summed E-state index contributed by atoms with van der Waals surface area (Å²) < 4.78 is 13.7. The molecule has 6 heteroatoms. The van der Waals surface area contributed by atoms with Gasteiger partial charge in [-0.15, -0.1) is 0 Å². The molecule has 0 unspecified atom stereocenters. The number of carbonyl (C=O) groups is 1. The van der Waals surface area contributed by atoms with Crippen LogP contribution in [0.15, 0.2) is 40.9 Å². The van der Waals surface area contributed by atoms with E-state index < -0.39 is 11.7 Å². The van der Waals surface area contributed by atoms with Crippen LogP contribution in [0.3, 0.4) is 0 Å². The topological polar surface area (TPSA) is 55.1 Å². The van der Waals surface area contributed by atoms with Gasteiger partial charge in [-0.1, -0.05) is 27.5 Å². The van der Waals surface area contributed by atoms with Crippen molar-refractivity contribution in [2.45, 2.75) is 0 Å². The third-order valence-electron chi connectivity index (χ3n) is 2.44. The van der Waals surface area contributed by atoms with E-state index in [1.165, 1.54) is 12.1 Å². The van der Waals surface area contributed by atoms with Gasteiger partial charge in [-0.05, 0) is 36.4 Å². The van der Waals surface area contributed by atoms with Crippen molar-refractivity contribution in [2.75, 3.05) is 11.1 Å². The molecule has 0 bridgehead atoms. The smallest absolute Gasteiger partial charge is 0.257 e. The van der Waals surface area contributed by atoms with Gasteiger partial charge in [0, 0.05) is 4.47 Å². The van der Waals surface area contributed by atoms with Gasteiger partial charge in [0.15, 0.2) is 0 Å². The molecular weight excluding hydrogens is 335 g/mol. The molecule has 1 amide bonds. The van der Waals surface area contributed by atoms with Crippen LogP contribution in [0.25, 0.3) is 0 Å². The molecule has 0 aliphatic rings. The number of halogens is 3. The van der Waals surface area contributed by atoms with Gasteiger partial charge >= 0.3 is 0 Å². The molecule has 2 aromatic carbocycles. The second-order valence-corrected chi connectivity index (χ2v) is 5.13. The summed E-state index contributed by atoms with van der Waals surface area (Å²) in [5.74, 6) is -0.868. The lowest BCUT2D eigenvalue weighted by Crippen LogP contribution is -2.13. The molecule has 3 N–H and O–H groups in total. The first-order chi connectivity index (χ1) is 8.97. The number of hydrogen-bond donors (Lipinski definition) is 2. The minimum atomic E-state index is -0.461. The summed E-state index contributed by atoms with van der Waals surface area (Å²) >= 11 is 9.23. The van der Waals surface area contributed by atoms with Crippen LogP contribution in [-0.4, -0.2) is 5.91 Å². The quantitative estimate of drug-likeness (QED) is 0.807. The zero-order chi connectivity index (χ0) is 14.0. The molecule has 0 aromatic heterocycles. The Bertz CT molecular complexity index is 649. The van der Waals surface area contributed by atoms with E-state index in [-0.39, 0.29) is 5.69 Å². The van der Waals surface area contributed by atoms with Crippen LogP contribution in [0, 0.1) is 5.82 Å². The van der Waals surface area contributed by atoms with Gasteiger partial charge in [0.25, 0.3) is 5.91 Å². The highest BCUT2D eigenvalue weighted by Gasteiger charge is 2.12. The van der Waals surface area contributed by atoms with Crippen molar-refractivity contribution in [2.24, 2.45) is 0 Å². The normalized spacial score (nSPS) is 10.3. The molecule has 0 aliphatic heterocycles. The Labute approximate surface area is 122 Å². The highest BCUT2D eigenvalue weighted by Crippen LogP contribution is 2.24. The molecule has 0 saturated heterocycles. The molecule has 0 fully saturated rings. The first-order valence-corrected chi connectivity index (χ1v) is 6.46. The van der Waals surface area contributed by atoms with Gasteiger partial charge in [0.05, 0.1) is 22.0 Å². The molecule has 0 atom stereocenters. The fraction of sp³-hybridized carbons (Fsp3) is 0. The van der Waals surface area contributed by atoms with Gasteiger partial charge in [-0.2, -0.15) is 0 Å². The number of hydrogen-bond acceptors (Lipinski definition) is 2. The second kappa shape index (κ2) is 5.59. The van der Waals surface area contributed by atoms with Crippen molar-refractivity contribution in [3.05, 3.63) is 57.3 Å². The highest BCUT2D eigenvalue weighted by molar-refractivity contribution is 9.10. The van der Waals surface area contributed by atoms with Crippen LogP contribution in [0.2, 0.25) is 5.02 Å². The monoisotopic (exact) mass is 342 g/mol. The number of nitrogen functional groups attached to an aromatic ring is 1. The lowest BCUT2D eigenvalue weighted by Gasteiger charge is -2.09. The number of rotatable bonds is 2. The SMILES string of the molecule is Nc1cc(F)ccc1NC(=O)c1ccc(Br)cc1Cl. The number of anilines is 2. The molecule has 0 saturated carbocycles. The van der Waals surface area contributed by atoms with Crippen molar-refractivity contribution < 1.29 is 9.18 Å². The third-order valence-corrected chi connectivity index (χ3v) is 3.24. The minimum absolute atomic E-state index is 0.154. The first kappa shape index (κ1) is 13.8. The number of nitrogens with one attached hydrogen (secondary N) is 1. The number of nitrogens with two attached hydrogens (primary N) is 1. The van der Waals surface area contributed by atoms with Crippen LogP contribution in [0.4, 0.5) is 15.8 Å². The number of carbonyl (C=O) groups excluding carboxylic acids is 1. The van der Waals surface area contributed by atoms with Gasteiger partial charge in [-0.3, -0.25) is 4.79 Å². The summed E-state index contributed by atoms with van der Waals surface area (Å²) in [6.07, 6.45) is 0. The Morgan fingerprint density at radius 1 is 1.26 bits per heavy atom. The van der Waals surface area contributed by atoms with Crippen LogP contribution in [0.1, 0.15) is 10.4 Å². The van der Waals surface area contributed by atoms with Gasteiger partial charge < -0.3 is 11.1 Å². The fourth-order valence-electron chi connectivity index (χ4n) is 1.51. The molecule has 98 valence electrons. The predicted molar refractivity (Wildman–Crippen MR) is 77.9 cm³/mol. The van der Waals surface area contributed by atoms with Crippen molar-refractivity contribution in [1.29, 1.82) is 0 Å². The van der Waals surface area contributed by atoms with Gasteiger partial charge in [0.1, 0.15) is 5.82 Å². The average Bonchev–Trinajstić information content (AvgIpc) is 2.32. The van der Waals surface area contributed by atoms with E-state index in [2.05, 4.69) is 21.2 Å². The molecule has 0 radical (unpaired) electrons. The van der Waals surface area contributed by atoms with Crippen molar-refractivity contribution in [3.8, 4) is 0 Å². The van der Waals surface area contributed by atoms with E-state index in [9.17, 15) is 9.18 Å². The molecule has 19 heavy (non-hydrogen) atoms. The van der Waals surface area contributed by atoms with Gasteiger partial charge in [-0.25, -0.2) is 4.39 Å². The Balaban J connectivity index is 2.25. The van der Waals surface area contributed by atoms with Crippen LogP contribution in [0.5, 0.6) is 0 Å². The molecule has 0 spiro atoms. The predicted octanol–water partition coefficient (Wildman–Crippen LogP) is 4.08. The molecule has 2 rings (SSSR count). The maximum Gasteiger partial charge on any atom is 0.257 e. The highest BCUT2D eigenvalue weighted by atomic mass is 79.9. The minimum Gasteiger partial charge on any atom is -0.397 e.